The van der Waals surface area contributed by atoms with Gasteiger partial charge >= 0.3 is 0 Å². The second kappa shape index (κ2) is 8.15. The van der Waals surface area contributed by atoms with E-state index in [1.165, 1.54) is 12.1 Å². The number of hydrogen-bond acceptors (Lipinski definition) is 3. The van der Waals surface area contributed by atoms with E-state index < -0.39 is 0 Å². The molecule has 1 amide bonds. The van der Waals surface area contributed by atoms with Crippen LogP contribution in [-0.4, -0.2) is 5.91 Å². The van der Waals surface area contributed by atoms with Crippen LogP contribution >= 0.6 is 0 Å². The minimum atomic E-state index is -0.282. The van der Waals surface area contributed by atoms with Crippen molar-refractivity contribution in [2.75, 3.05) is 5.32 Å². The van der Waals surface area contributed by atoms with Crippen LogP contribution in [0.15, 0.2) is 71.3 Å². The number of benzene rings is 2. The maximum absolute atomic E-state index is 12.8. The first-order valence-corrected chi connectivity index (χ1v) is 8.05. The zero-order valence-electron chi connectivity index (χ0n) is 13.7. The second-order valence-corrected chi connectivity index (χ2v) is 5.71. The highest BCUT2D eigenvalue weighted by atomic mass is 19.1. The quantitative estimate of drug-likeness (QED) is 0.687. The summed E-state index contributed by atoms with van der Waals surface area (Å²) in [5, 5.41) is 6.09. The molecule has 0 saturated carbocycles. The average molecular weight is 338 g/mol. The van der Waals surface area contributed by atoms with Crippen LogP contribution in [0.2, 0.25) is 0 Å². The van der Waals surface area contributed by atoms with E-state index in [-0.39, 0.29) is 11.7 Å². The lowest BCUT2D eigenvalue weighted by molar-refractivity contribution is -0.120. The summed E-state index contributed by atoms with van der Waals surface area (Å²) in [5.74, 6) is 0.515. The van der Waals surface area contributed by atoms with Crippen molar-refractivity contribution in [3.63, 3.8) is 0 Å². The summed E-state index contributed by atoms with van der Waals surface area (Å²) >= 11 is 0. The van der Waals surface area contributed by atoms with Crippen molar-refractivity contribution in [3.05, 3.63) is 89.6 Å². The molecule has 3 rings (SSSR count). The molecule has 128 valence electrons. The van der Waals surface area contributed by atoms with Gasteiger partial charge in [-0.05, 0) is 47.5 Å². The zero-order chi connectivity index (χ0) is 17.5. The number of rotatable bonds is 7. The maximum atomic E-state index is 12.8. The highest BCUT2D eigenvalue weighted by Gasteiger charge is 2.04. The van der Waals surface area contributed by atoms with Crippen molar-refractivity contribution in [1.82, 2.24) is 5.32 Å². The van der Waals surface area contributed by atoms with Gasteiger partial charge in [0.1, 0.15) is 11.6 Å². The van der Waals surface area contributed by atoms with Gasteiger partial charge in [-0.3, -0.25) is 4.79 Å². The Hall–Kier alpha value is -3.08. The predicted octanol–water partition coefficient (Wildman–Crippen LogP) is 3.89. The fourth-order valence-corrected chi connectivity index (χ4v) is 2.39. The van der Waals surface area contributed by atoms with Crippen molar-refractivity contribution < 1.29 is 13.6 Å². The van der Waals surface area contributed by atoms with Crippen LogP contribution in [0, 0.1) is 5.82 Å². The van der Waals surface area contributed by atoms with E-state index in [0.717, 1.165) is 22.6 Å². The lowest BCUT2D eigenvalue weighted by atomic mass is 10.1. The molecule has 0 fully saturated rings. The Bertz CT molecular complexity index is 797. The van der Waals surface area contributed by atoms with E-state index in [2.05, 4.69) is 10.6 Å². The third-order valence-electron chi connectivity index (χ3n) is 3.77. The van der Waals surface area contributed by atoms with Crippen LogP contribution in [0.4, 0.5) is 10.1 Å². The van der Waals surface area contributed by atoms with E-state index in [1.807, 2.05) is 36.4 Å². The SMILES string of the molecule is O=C(Cc1ccc(NCc2ccco2)cc1)NCc1ccc(F)cc1. The summed E-state index contributed by atoms with van der Waals surface area (Å²) in [6.45, 7) is 1.01. The summed E-state index contributed by atoms with van der Waals surface area (Å²) in [4.78, 5) is 12.0. The monoisotopic (exact) mass is 338 g/mol. The Balaban J connectivity index is 1.45. The molecule has 0 saturated heterocycles. The molecule has 1 heterocycles. The summed E-state index contributed by atoms with van der Waals surface area (Å²) in [6, 6.07) is 17.6. The van der Waals surface area contributed by atoms with Gasteiger partial charge in [-0.1, -0.05) is 24.3 Å². The van der Waals surface area contributed by atoms with Crippen molar-refractivity contribution in [1.29, 1.82) is 0 Å². The molecule has 0 unspecified atom stereocenters. The van der Waals surface area contributed by atoms with Crippen molar-refractivity contribution in [2.45, 2.75) is 19.5 Å². The van der Waals surface area contributed by atoms with Gasteiger partial charge in [-0.15, -0.1) is 0 Å². The first kappa shape index (κ1) is 16.8. The third kappa shape index (κ3) is 5.21. The largest absolute Gasteiger partial charge is 0.467 e. The van der Waals surface area contributed by atoms with Crippen molar-refractivity contribution in [2.24, 2.45) is 0 Å². The van der Waals surface area contributed by atoms with E-state index in [4.69, 9.17) is 4.42 Å². The van der Waals surface area contributed by atoms with E-state index in [9.17, 15) is 9.18 Å². The van der Waals surface area contributed by atoms with Gasteiger partial charge in [0.25, 0.3) is 0 Å². The first-order chi connectivity index (χ1) is 12.2. The fraction of sp³-hybridized carbons (Fsp3) is 0.150. The Morgan fingerprint density at radius 1 is 0.920 bits per heavy atom. The molecule has 0 bridgehead atoms. The first-order valence-electron chi connectivity index (χ1n) is 8.05. The van der Waals surface area contributed by atoms with Gasteiger partial charge in [0, 0.05) is 12.2 Å². The topological polar surface area (TPSA) is 54.3 Å². The lowest BCUT2D eigenvalue weighted by Crippen LogP contribution is -2.24. The molecule has 25 heavy (non-hydrogen) atoms. The molecule has 0 radical (unpaired) electrons. The van der Waals surface area contributed by atoms with Crippen LogP contribution in [0.25, 0.3) is 0 Å². The fourth-order valence-electron chi connectivity index (χ4n) is 2.39. The molecular weight excluding hydrogens is 319 g/mol. The molecule has 1 aromatic heterocycles. The Morgan fingerprint density at radius 3 is 2.32 bits per heavy atom. The van der Waals surface area contributed by atoms with Gasteiger partial charge in [0.15, 0.2) is 0 Å². The standard InChI is InChI=1S/C20H19FN2O2/c21-17-7-3-16(4-8-17)13-23-20(24)12-15-5-9-18(10-6-15)22-14-19-2-1-11-25-19/h1-11,22H,12-14H2,(H,23,24). The van der Waals surface area contributed by atoms with E-state index in [0.29, 0.717) is 19.5 Å². The van der Waals surface area contributed by atoms with Gasteiger partial charge in [0.2, 0.25) is 5.91 Å². The third-order valence-corrected chi connectivity index (χ3v) is 3.77. The molecular formula is C20H19FN2O2. The van der Waals surface area contributed by atoms with Gasteiger partial charge in [0.05, 0.1) is 19.2 Å². The summed E-state index contributed by atoms with van der Waals surface area (Å²) < 4.78 is 18.1. The Kier molecular flexibility index (Phi) is 5.46. The number of hydrogen-bond donors (Lipinski definition) is 2. The molecule has 0 aliphatic carbocycles. The van der Waals surface area contributed by atoms with Crippen molar-refractivity contribution in [3.8, 4) is 0 Å². The Morgan fingerprint density at radius 2 is 1.64 bits per heavy atom. The van der Waals surface area contributed by atoms with Crippen molar-refractivity contribution >= 4 is 11.6 Å². The number of furan rings is 1. The van der Waals surface area contributed by atoms with Crippen LogP contribution in [0.1, 0.15) is 16.9 Å². The van der Waals surface area contributed by atoms with Crippen LogP contribution in [0.5, 0.6) is 0 Å². The van der Waals surface area contributed by atoms with Crippen LogP contribution < -0.4 is 10.6 Å². The van der Waals surface area contributed by atoms with Gasteiger partial charge < -0.3 is 15.1 Å². The predicted molar refractivity (Wildman–Crippen MR) is 94.4 cm³/mol. The maximum Gasteiger partial charge on any atom is 0.224 e. The van der Waals surface area contributed by atoms with E-state index in [1.54, 1.807) is 18.4 Å². The van der Waals surface area contributed by atoms with E-state index >= 15 is 0 Å². The highest BCUT2D eigenvalue weighted by molar-refractivity contribution is 5.78. The summed E-state index contributed by atoms with van der Waals surface area (Å²) in [6.07, 6.45) is 1.95. The molecule has 0 aliphatic heterocycles. The Labute approximate surface area is 145 Å². The van der Waals surface area contributed by atoms with Crippen LogP contribution in [-0.2, 0) is 24.3 Å². The molecule has 0 atom stereocenters. The molecule has 3 aromatic rings. The number of carbonyl (C=O) groups is 1. The molecule has 5 heteroatoms. The number of carbonyl (C=O) groups excluding carboxylic acids is 1. The summed E-state index contributed by atoms with van der Waals surface area (Å²) in [7, 11) is 0. The van der Waals surface area contributed by atoms with Gasteiger partial charge in [-0.25, -0.2) is 4.39 Å². The smallest absolute Gasteiger partial charge is 0.224 e. The molecule has 0 spiro atoms. The normalized spacial score (nSPS) is 10.4. The van der Waals surface area contributed by atoms with Crippen LogP contribution in [0.3, 0.4) is 0 Å². The number of amides is 1. The minimum Gasteiger partial charge on any atom is -0.467 e. The summed E-state index contributed by atoms with van der Waals surface area (Å²) in [5.41, 5.74) is 2.76. The molecule has 2 aromatic carbocycles. The zero-order valence-corrected chi connectivity index (χ0v) is 13.7. The molecule has 2 N–H and O–H groups in total. The second-order valence-electron chi connectivity index (χ2n) is 5.71. The molecule has 4 nitrogen and oxygen atoms in total. The number of halogens is 1. The minimum absolute atomic E-state index is 0.0689. The van der Waals surface area contributed by atoms with Gasteiger partial charge in [-0.2, -0.15) is 0 Å². The number of anilines is 1. The molecule has 0 aliphatic rings. The number of nitrogens with one attached hydrogen (secondary N) is 2. The lowest BCUT2D eigenvalue weighted by Gasteiger charge is -2.08. The highest BCUT2D eigenvalue weighted by Crippen LogP contribution is 2.12. The average Bonchev–Trinajstić information content (AvgIpc) is 3.14.